The average Bonchev–Trinajstić information content (AvgIpc) is 3.17. The van der Waals surface area contributed by atoms with Crippen molar-refractivity contribution < 1.29 is 14.2 Å². The van der Waals surface area contributed by atoms with E-state index in [1.807, 2.05) is 6.07 Å². The van der Waals surface area contributed by atoms with Gasteiger partial charge in [0.05, 0.1) is 25.9 Å². The molecule has 22 heavy (non-hydrogen) atoms. The molecule has 3 aliphatic heterocycles. The third-order valence-corrected chi connectivity index (χ3v) is 4.84. The minimum atomic E-state index is -0.433. The topological polar surface area (TPSA) is 30.9 Å². The number of hydrogen-bond acceptors (Lipinski definition) is 4. The van der Waals surface area contributed by atoms with E-state index in [0.29, 0.717) is 6.04 Å². The van der Waals surface area contributed by atoms with Crippen molar-refractivity contribution in [1.82, 2.24) is 4.90 Å². The SMILES string of the molecule is C(=C1/C[C@H](N2CCOCC2)[C@@]2(CCCO2)O1)/c1ccccc1. The molecule has 0 amide bonds. The van der Waals surface area contributed by atoms with Crippen molar-refractivity contribution in [2.45, 2.75) is 31.1 Å². The maximum Gasteiger partial charge on any atom is 0.226 e. The molecular weight excluding hydrogens is 278 g/mol. The summed E-state index contributed by atoms with van der Waals surface area (Å²) >= 11 is 0. The van der Waals surface area contributed by atoms with E-state index in [0.717, 1.165) is 57.9 Å². The lowest BCUT2D eigenvalue weighted by atomic mass is 10.0. The van der Waals surface area contributed by atoms with Gasteiger partial charge in [-0.1, -0.05) is 30.3 Å². The van der Waals surface area contributed by atoms with Gasteiger partial charge in [-0.15, -0.1) is 0 Å². The molecule has 0 unspecified atom stereocenters. The van der Waals surface area contributed by atoms with Gasteiger partial charge < -0.3 is 14.2 Å². The van der Waals surface area contributed by atoms with Crippen LogP contribution in [0.1, 0.15) is 24.8 Å². The van der Waals surface area contributed by atoms with E-state index in [2.05, 4.69) is 35.2 Å². The highest BCUT2D eigenvalue weighted by Gasteiger charge is 2.53. The second-order valence-corrected chi connectivity index (χ2v) is 6.26. The predicted octanol–water partition coefficient (Wildman–Crippen LogP) is 2.66. The van der Waals surface area contributed by atoms with Crippen LogP contribution >= 0.6 is 0 Å². The van der Waals surface area contributed by atoms with Crippen LogP contribution in [0.2, 0.25) is 0 Å². The van der Waals surface area contributed by atoms with Crippen LogP contribution in [-0.4, -0.2) is 49.6 Å². The molecule has 3 aliphatic rings. The number of rotatable bonds is 2. The van der Waals surface area contributed by atoms with Crippen LogP contribution in [0.3, 0.4) is 0 Å². The standard InChI is InChI=1S/C18H23NO3/c1-2-5-15(6-3-1)13-16-14-17(19-8-11-20-12-9-19)18(22-16)7-4-10-21-18/h1-3,5-6,13,17H,4,7-12,14H2/b16-13+/t17-,18+/m0/s1. The highest BCUT2D eigenvalue weighted by atomic mass is 16.7. The monoisotopic (exact) mass is 301 g/mol. The predicted molar refractivity (Wildman–Crippen MR) is 84.2 cm³/mol. The van der Waals surface area contributed by atoms with Crippen LogP contribution in [0.4, 0.5) is 0 Å². The Bertz CT molecular complexity index is 531. The quantitative estimate of drug-likeness (QED) is 0.840. The molecule has 0 aliphatic carbocycles. The summed E-state index contributed by atoms with van der Waals surface area (Å²) in [5.41, 5.74) is 1.19. The second kappa shape index (κ2) is 6.03. The van der Waals surface area contributed by atoms with Gasteiger partial charge in [-0.3, -0.25) is 4.90 Å². The summed E-state index contributed by atoms with van der Waals surface area (Å²) in [6.07, 6.45) is 5.15. The Hall–Kier alpha value is -1.36. The van der Waals surface area contributed by atoms with Crippen LogP contribution in [0.5, 0.6) is 0 Å². The van der Waals surface area contributed by atoms with Gasteiger partial charge in [0.25, 0.3) is 0 Å². The summed E-state index contributed by atoms with van der Waals surface area (Å²) in [5.74, 6) is 0.613. The fourth-order valence-corrected chi connectivity index (χ4v) is 3.78. The van der Waals surface area contributed by atoms with Crippen LogP contribution in [0.15, 0.2) is 36.1 Å². The normalized spacial score (nSPS) is 34.4. The Morgan fingerprint density at radius 2 is 1.91 bits per heavy atom. The van der Waals surface area contributed by atoms with Crippen molar-refractivity contribution in [3.05, 3.63) is 41.7 Å². The fourth-order valence-electron chi connectivity index (χ4n) is 3.78. The van der Waals surface area contributed by atoms with E-state index in [1.165, 1.54) is 5.56 Å². The van der Waals surface area contributed by atoms with E-state index in [-0.39, 0.29) is 0 Å². The molecule has 0 N–H and O–H groups in total. The van der Waals surface area contributed by atoms with Crippen molar-refractivity contribution in [1.29, 1.82) is 0 Å². The Morgan fingerprint density at radius 3 is 2.64 bits per heavy atom. The lowest BCUT2D eigenvalue weighted by Gasteiger charge is -2.38. The van der Waals surface area contributed by atoms with Gasteiger partial charge in [0.2, 0.25) is 5.79 Å². The lowest BCUT2D eigenvalue weighted by Crippen LogP contribution is -2.53. The van der Waals surface area contributed by atoms with Crippen molar-refractivity contribution in [3.63, 3.8) is 0 Å². The lowest BCUT2D eigenvalue weighted by molar-refractivity contribution is -0.198. The third-order valence-electron chi connectivity index (χ3n) is 4.84. The van der Waals surface area contributed by atoms with E-state index >= 15 is 0 Å². The molecular formula is C18H23NO3. The second-order valence-electron chi connectivity index (χ2n) is 6.26. The first-order valence-electron chi connectivity index (χ1n) is 8.26. The molecule has 4 nitrogen and oxygen atoms in total. The Morgan fingerprint density at radius 1 is 1.09 bits per heavy atom. The Kier molecular flexibility index (Phi) is 3.90. The third kappa shape index (κ3) is 2.67. The van der Waals surface area contributed by atoms with Gasteiger partial charge in [0, 0.05) is 25.9 Å². The van der Waals surface area contributed by atoms with Gasteiger partial charge in [0.15, 0.2) is 0 Å². The zero-order chi connectivity index (χ0) is 14.8. The van der Waals surface area contributed by atoms with Crippen molar-refractivity contribution in [3.8, 4) is 0 Å². The van der Waals surface area contributed by atoms with Crippen LogP contribution in [0, 0.1) is 0 Å². The van der Waals surface area contributed by atoms with E-state index in [1.54, 1.807) is 0 Å². The van der Waals surface area contributed by atoms with Gasteiger partial charge in [-0.2, -0.15) is 0 Å². The minimum absolute atomic E-state index is 0.314. The van der Waals surface area contributed by atoms with Crippen molar-refractivity contribution >= 4 is 6.08 Å². The van der Waals surface area contributed by atoms with Crippen LogP contribution < -0.4 is 0 Å². The van der Waals surface area contributed by atoms with Gasteiger partial charge in [-0.25, -0.2) is 0 Å². The molecule has 0 radical (unpaired) electrons. The molecule has 4 heteroatoms. The maximum atomic E-state index is 6.34. The highest BCUT2D eigenvalue weighted by Crippen LogP contribution is 2.44. The molecule has 2 atom stereocenters. The fraction of sp³-hybridized carbons (Fsp3) is 0.556. The molecule has 3 fully saturated rings. The van der Waals surface area contributed by atoms with E-state index in [4.69, 9.17) is 14.2 Å². The number of morpholine rings is 1. The Labute approximate surface area is 131 Å². The van der Waals surface area contributed by atoms with Crippen LogP contribution in [0.25, 0.3) is 6.08 Å². The maximum absolute atomic E-state index is 6.34. The highest BCUT2D eigenvalue weighted by molar-refractivity contribution is 5.52. The number of benzene rings is 1. The summed E-state index contributed by atoms with van der Waals surface area (Å²) < 4.78 is 17.9. The zero-order valence-corrected chi connectivity index (χ0v) is 12.9. The van der Waals surface area contributed by atoms with E-state index in [9.17, 15) is 0 Å². The smallest absolute Gasteiger partial charge is 0.226 e. The van der Waals surface area contributed by atoms with Crippen molar-refractivity contribution in [2.75, 3.05) is 32.9 Å². The summed E-state index contributed by atoms with van der Waals surface area (Å²) in [6, 6.07) is 10.7. The number of hydrogen-bond donors (Lipinski definition) is 0. The molecule has 1 spiro atoms. The largest absolute Gasteiger partial charge is 0.465 e. The minimum Gasteiger partial charge on any atom is -0.465 e. The van der Waals surface area contributed by atoms with Gasteiger partial charge >= 0.3 is 0 Å². The summed E-state index contributed by atoms with van der Waals surface area (Å²) in [5, 5.41) is 0. The molecule has 3 heterocycles. The van der Waals surface area contributed by atoms with Gasteiger partial charge in [-0.05, 0) is 18.1 Å². The molecule has 118 valence electrons. The number of ether oxygens (including phenoxy) is 3. The van der Waals surface area contributed by atoms with Crippen molar-refractivity contribution in [2.24, 2.45) is 0 Å². The molecule has 0 bridgehead atoms. The van der Waals surface area contributed by atoms with Gasteiger partial charge in [0.1, 0.15) is 5.76 Å². The summed E-state index contributed by atoms with van der Waals surface area (Å²) in [7, 11) is 0. The molecule has 1 aromatic rings. The first-order valence-corrected chi connectivity index (χ1v) is 8.26. The first kappa shape index (κ1) is 14.2. The molecule has 0 saturated carbocycles. The molecule has 0 aromatic heterocycles. The summed E-state index contributed by atoms with van der Waals surface area (Å²) in [6.45, 7) is 4.36. The summed E-state index contributed by atoms with van der Waals surface area (Å²) in [4.78, 5) is 2.49. The Balaban J connectivity index is 1.58. The number of nitrogens with zero attached hydrogens (tertiary/aromatic N) is 1. The zero-order valence-electron chi connectivity index (χ0n) is 12.9. The molecule has 4 rings (SSSR count). The molecule has 3 saturated heterocycles. The molecule has 1 aromatic carbocycles. The van der Waals surface area contributed by atoms with Crippen LogP contribution in [-0.2, 0) is 14.2 Å². The first-order chi connectivity index (χ1) is 10.9. The van der Waals surface area contributed by atoms with E-state index < -0.39 is 5.79 Å². The average molecular weight is 301 g/mol.